The number of rotatable bonds is 4. The molecule has 1 aromatic heterocycles. The number of benzene rings is 1. The van der Waals surface area contributed by atoms with Crippen molar-refractivity contribution in [2.75, 3.05) is 5.73 Å². The molecule has 0 aliphatic carbocycles. The number of hydrogen-bond acceptors (Lipinski definition) is 3. The third kappa shape index (κ3) is 3.28. The molecule has 19 heavy (non-hydrogen) atoms. The van der Waals surface area contributed by atoms with Gasteiger partial charge in [0.25, 0.3) is 5.91 Å². The normalized spacial score (nSPS) is 10.4. The van der Waals surface area contributed by atoms with Crippen molar-refractivity contribution in [3.8, 4) is 0 Å². The van der Waals surface area contributed by atoms with Crippen LogP contribution in [0.2, 0.25) is 5.02 Å². The van der Waals surface area contributed by atoms with Gasteiger partial charge in [-0.25, -0.2) is 0 Å². The molecule has 1 heterocycles. The van der Waals surface area contributed by atoms with E-state index in [2.05, 4.69) is 18.3 Å². The van der Waals surface area contributed by atoms with Gasteiger partial charge in [0.2, 0.25) is 0 Å². The van der Waals surface area contributed by atoms with Crippen LogP contribution < -0.4 is 11.1 Å². The maximum Gasteiger partial charge on any atom is 0.253 e. The van der Waals surface area contributed by atoms with Gasteiger partial charge in [-0.3, -0.25) is 4.79 Å². The largest absolute Gasteiger partial charge is 0.397 e. The molecule has 0 aliphatic rings. The number of nitrogens with two attached hydrogens (primary N) is 1. The molecule has 3 N–H and O–H groups in total. The van der Waals surface area contributed by atoms with Crippen LogP contribution in [0, 0.1) is 0 Å². The van der Waals surface area contributed by atoms with Crippen molar-refractivity contribution in [2.24, 2.45) is 0 Å². The Balaban J connectivity index is 2.03. The lowest BCUT2D eigenvalue weighted by Gasteiger charge is -2.07. The fraction of sp³-hybridized carbons (Fsp3) is 0.214. The van der Waals surface area contributed by atoms with E-state index in [4.69, 9.17) is 17.3 Å². The summed E-state index contributed by atoms with van der Waals surface area (Å²) in [6.45, 7) is 2.62. The molecule has 3 nitrogen and oxygen atoms in total. The van der Waals surface area contributed by atoms with Gasteiger partial charge in [-0.05, 0) is 30.7 Å². The van der Waals surface area contributed by atoms with Gasteiger partial charge in [-0.1, -0.05) is 24.6 Å². The molecule has 0 radical (unpaired) electrons. The van der Waals surface area contributed by atoms with Gasteiger partial charge in [0.1, 0.15) is 0 Å². The SMILES string of the molecule is CCc1ccc(CNC(=O)c2cccc(Cl)c2N)s1. The van der Waals surface area contributed by atoms with E-state index < -0.39 is 0 Å². The summed E-state index contributed by atoms with van der Waals surface area (Å²) in [6.07, 6.45) is 1.01. The van der Waals surface area contributed by atoms with Crippen molar-refractivity contribution in [3.63, 3.8) is 0 Å². The number of aryl methyl sites for hydroxylation is 1. The number of amides is 1. The van der Waals surface area contributed by atoms with Crippen LogP contribution in [0.4, 0.5) is 5.69 Å². The topological polar surface area (TPSA) is 55.1 Å². The van der Waals surface area contributed by atoms with Crippen LogP contribution in [0.25, 0.3) is 0 Å². The van der Waals surface area contributed by atoms with Crippen LogP contribution >= 0.6 is 22.9 Å². The molecule has 5 heteroatoms. The van der Waals surface area contributed by atoms with Crippen LogP contribution in [0.3, 0.4) is 0 Å². The van der Waals surface area contributed by atoms with Crippen LogP contribution in [-0.2, 0) is 13.0 Å². The van der Waals surface area contributed by atoms with Gasteiger partial charge in [0.05, 0.1) is 22.8 Å². The van der Waals surface area contributed by atoms with Gasteiger partial charge < -0.3 is 11.1 Å². The number of carbonyl (C=O) groups excluding carboxylic acids is 1. The lowest BCUT2D eigenvalue weighted by atomic mass is 10.1. The second-order valence-corrected chi connectivity index (χ2v) is 5.77. The number of nitrogen functional groups attached to an aromatic ring is 1. The number of thiophene rings is 1. The highest BCUT2D eigenvalue weighted by Crippen LogP contribution is 2.22. The summed E-state index contributed by atoms with van der Waals surface area (Å²) in [5.41, 5.74) is 6.53. The maximum atomic E-state index is 12.0. The van der Waals surface area contributed by atoms with Crippen LogP contribution in [0.15, 0.2) is 30.3 Å². The van der Waals surface area contributed by atoms with Gasteiger partial charge in [0.15, 0.2) is 0 Å². The highest BCUT2D eigenvalue weighted by Gasteiger charge is 2.11. The van der Waals surface area contributed by atoms with E-state index in [0.29, 0.717) is 22.8 Å². The summed E-state index contributed by atoms with van der Waals surface area (Å²) in [5.74, 6) is -0.202. The zero-order chi connectivity index (χ0) is 13.8. The smallest absolute Gasteiger partial charge is 0.253 e. The maximum absolute atomic E-state index is 12.0. The molecule has 0 saturated heterocycles. The predicted molar refractivity (Wildman–Crippen MR) is 80.7 cm³/mol. The highest BCUT2D eigenvalue weighted by atomic mass is 35.5. The molecule has 0 fully saturated rings. The molecule has 1 amide bonds. The first-order chi connectivity index (χ1) is 9.11. The molecule has 100 valence electrons. The molecule has 0 atom stereocenters. The molecule has 1 aromatic carbocycles. The molecule has 0 unspecified atom stereocenters. The summed E-state index contributed by atoms with van der Waals surface area (Å²) in [4.78, 5) is 14.5. The Morgan fingerprint density at radius 2 is 2.05 bits per heavy atom. The first-order valence-corrected chi connectivity index (χ1v) is 7.21. The Kier molecular flexibility index (Phi) is 4.45. The zero-order valence-corrected chi connectivity index (χ0v) is 12.1. The monoisotopic (exact) mass is 294 g/mol. The summed E-state index contributed by atoms with van der Waals surface area (Å²) < 4.78 is 0. The fourth-order valence-corrected chi connectivity index (χ4v) is 2.78. The third-order valence-electron chi connectivity index (χ3n) is 2.79. The Morgan fingerprint density at radius 3 is 2.74 bits per heavy atom. The highest BCUT2D eigenvalue weighted by molar-refractivity contribution is 7.11. The first-order valence-electron chi connectivity index (χ1n) is 6.01. The molecule has 0 bridgehead atoms. The summed E-state index contributed by atoms with van der Waals surface area (Å²) >= 11 is 7.60. The van der Waals surface area contributed by atoms with Crippen molar-refractivity contribution >= 4 is 34.5 Å². The summed E-state index contributed by atoms with van der Waals surface area (Å²) in [5, 5.41) is 3.25. The number of anilines is 1. The van der Waals surface area contributed by atoms with E-state index in [1.165, 1.54) is 4.88 Å². The molecule has 0 spiro atoms. The first kappa shape index (κ1) is 13.9. The average molecular weight is 295 g/mol. The second-order valence-electron chi connectivity index (χ2n) is 4.11. The van der Waals surface area contributed by atoms with Crippen molar-refractivity contribution in [3.05, 3.63) is 50.7 Å². The van der Waals surface area contributed by atoms with E-state index >= 15 is 0 Å². The van der Waals surface area contributed by atoms with Crippen LogP contribution in [-0.4, -0.2) is 5.91 Å². The minimum Gasteiger partial charge on any atom is -0.397 e. The number of para-hydroxylation sites is 1. The van der Waals surface area contributed by atoms with E-state index in [9.17, 15) is 4.79 Å². The van der Waals surface area contributed by atoms with Crippen molar-refractivity contribution in [2.45, 2.75) is 19.9 Å². The van der Waals surface area contributed by atoms with Crippen LogP contribution in [0.5, 0.6) is 0 Å². The number of nitrogens with one attached hydrogen (secondary N) is 1. The zero-order valence-electron chi connectivity index (χ0n) is 10.6. The van der Waals surface area contributed by atoms with Crippen molar-refractivity contribution < 1.29 is 4.79 Å². The quantitative estimate of drug-likeness (QED) is 0.848. The van der Waals surface area contributed by atoms with Gasteiger partial charge >= 0.3 is 0 Å². The summed E-state index contributed by atoms with van der Waals surface area (Å²) in [6, 6.07) is 9.17. The Labute approximate surface area is 121 Å². The third-order valence-corrected chi connectivity index (χ3v) is 4.35. The van der Waals surface area contributed by atoms with E-state index in [1.807, 2.05) is 6.07 Å². The fourth-order valence-electron chi connectivity index (χ4n) is 1.70. The molecule has 2 rings (SSSR count). The minimum atomic E-state index is -0.202. The number of halogens is 1. The van der Waals surface area contributed by atoms with Crippen molar-refractivity contribution in [1.29, 1.82) is 0 Å². The summed E-state index contributed by atoms with van der Waals surface area (Å²) in [7, 11) is 0. The molecule has 0 aliphatic heterocycles. The lowest BCUT2D eigenvalue weighted by Crippen LogP contribution is -2.23. The van der Waals surface area contributed by atoms with Gasteiger partial charge in [0, 0.05) is 9.75 Å². The average Bonchev–Trinajstić information content (AvgIpc) is 2.87. The second kappa shape index (κ2) is 6.08. The Bertz CT molecular complexity index is 595. The molecular formula is C14H15ClN2OS. The Morgan fingerprint density at radius 1 is 1.32 bits per heavy atom. The number of carbonyl (C=O) groups is 1. The van der Waals surface area contributed by atoms with E-state index in [-0.39, 0.29) is 5.91 Å². The van der Waals surface area contributed by atoms with Crippen molar-refractivity contribution in [1.82, 2.24) is 5.32 Å². The molecular weight excluding hydrogens is 280 g/mol. The standard InChI is InChI=1S/C14H15ClN2OS/c1-2-9-6-7-10(19-9)8-17-14(18)11-4-3-5-12(15)13(11)16/h3-7H,2,8,16H2,1H3,(H,17,18). The van der Waals surface area contributed by atoms with E-state index in [1.54, 1.807) is 29.5 Å². The minimum absolute atomic E-state index is 0.202. The lowest BCUT2D eigenvalue weighted by molar-refractivity contribution is 0.0952. The molecule has 2 aromatic rings. The molecule has 0 saturated carbocycles. The van der Waals surface area contributed by atoms with E-state index in [0.717, 1.165) is 11.3 Å². The van der Waals surface area contributed by atoms with Gasteiger partial charge in [-0.15, -0.1) is 11.3 Å². The van der Waals surface area contributed by atoms with Gasteiger partial charge in [-0.2, -0.15) is 0 Å². The Hall–Kier alpha value is -1.52. The number of hydrogen-bond donors (Lipinski definition) is 2. The predicted octanol–water partition coefficient (Wildman–Crippen LogP) is 3.48. The van der Waals surface area contributed by atoms with Crippen LogP contribution in [0.1, 0.15) is 27.0 Å².